The average molecular weight is 461 g/mol. The van der Waals surface area contributed by atoms with Gasteiger partial charge in [-0.15, -0.1) is 10.2 Å². The van der Waals surface area contributed by atoms with Crippen LogP contribution in [0.25, 0.3) is 11.3 Å². The van der Waals surface area contributed by atoms with Crippen LogP contribution < -0.4 is 5.32 Å². The van der Waals surface area contributed by atoms with Gasteiger partial charge in [-0.2, -0.15) is 28.2 Å². The van der Waals surface area contributed by atoms with Gasteiger partial charge < -0.3 is 14.6 Å². The molecule has 2 aromatic heterocycles. The fourth-order valence-corrected chi connectivity index (χ4v) is 5.07. The first-order valence-electron chi connectivity index (χ1n) is 10.6. The number of piperidine rings is 1. The van der Waals surface area contributed by atoms with Gasteiger partial charge in [-0.05, 0) is 37.0 Å². The Morgan fingerprint density at radius 3 is 2.67 bits per heavy atom. The van der Waals surface area contributed by atoms with E-state index in [4.69, 9.17) is 4.42 Å². The molecule has 0 radical (unpaired) electrons. The van der Waals surface area contributed by atoms with E-state index in [9.17, 15) is 18.0 Å². The van der Waals surface area contributed by atoms with Gasteiger partial charge in [0.05, 0.1) is 11.8 Å². The number of aryl methyl sites for hydroxylation is 2. The van der Waals surface area contributed by atoms with E-state index in [1.165, 1.54) is 30.2 Å². The average Bonchev–Trinajstić information content (AvgIpc) is 3.35. The second kappa shape index (κ2) is 7.29. The van der Waals surface area contributed by atoms with Crippen LogP contribution in [0.15, 0.2) is 28.8 Å². The number of likely N-dealkylation sites (tertiary alicyclic amines) is 1. The number of urea groups is 1. The zero-order valence-electron chi connectivity index (χ0n) is 18.2. The Bertz CT molecular complexity index is 1220. The summed E-state index contributed by atoms with van der Waals surface area (Å²) in [5.41, 5.74) is -1.44. The lowest BCUT2D eigenvalue weighted by atomic mass is 9.62. The van der Waals surface area contributed by atoms with Crippen LogP contribution in [0, 0.1) is 12.8 Å². The molecule has 2 fully saturated rings. The van der Waals surface area contributed by atoms with Crippen molar-refractivity contribution in [2.75, 3.05) is 5.32 Å². The largest absolute Gasteiger partial charge is 0.423 e. The minimum atomic E-state index is -4.58. The Balaban J connectivity index is 1.47. The summed E-state index contributed by atoms with van der Waals surface area (Å²) in [6, 6.07) is 3.04. The van der Waals surface area contributed by atoms with Crippen LogP contribution >= 0.6 is 0 Å². The highest BCUT2D eigenvalue weighted by molar-refractivity contribution is 5.92. The van der Waals surface area contributed by atoms with E-state index >= 15 is 0 Å². The second-order valence-corrected chi connectivity index (χ2v) is 8.66. The maximum Gasteiger partial charge on any atom is 0.417 e. The molecule has 1 N–H and O–H groups in total. The van der Waals surface area contributed by atoms with Crippen molar-refractivity contribution in [1.29, 1.82) is 0 Å². The van der Waals surface area contributed by atoms with Crippen molar-refractivity contribution in [3.63, 3.8) is 0 Å². The summed E-state index contributed by atoms with van der Waals surface area (Å²) in [7, 11) is 1.52. The fraction of sp³-hybridized carbons (Fsp3) is 0.476. The van der Waals surface area contributed by atoms with Gasteiger partial charge in [0, 0.05) is 37.7 Å². The summed E-state index contributed by atoms with van der Waals surface area (Å²) < 4.78 is 46.5. The van der Waals surface area contributed by atoms with Gasteiger partial charge in [-0.3, -0.25) is 0 Å². The number of benzene rings is 1. The van der Waals surface area contributed by atoms with Crippen molar-refractivity contribution in [1.82, 2.24) is 30.1 Å². The summed E-state index contributed by atoms with van der Waals surface area (Å²) in [5.74, 6) is 0.902. The van der Waals surface area contributed by atoms with Crippen LogP contribution in [0.5, 0.6) is 0 Å². The van der Waals surface area contributed by atoms with Crippen molar-refractivity contribution >= 4 is 11.7 Å². The molecule has 9 nitrogen and oxygen atoms in total. The summed E-state index contributed by atoms with van der Waals surface area (Å²) in [6.07, 6.45) is -0.876. The van der Waals surface area contributed by atoms with E-state index < -0.39 is 23.3 Å². The number of aromatic nitrogens is 5. The van der Waals surface area contributed by atoms with Crippen LogP contribution in [0.4, 0.5) is 23.7 Å². The second-order valence-electron chi connectivity index (χ2n) is 8.66. The Morgan fingerprint density at radius 1 is 1.27 bits per heavy atom. The van der Waals surface area contributed by atoms with E-state index in [0.717, 1.165) is 18.9 Å². The van der Waals surface area contributed by atoms with E-state index in [1.54, 1.807) is 11.8 Å². The molecule has 174 valence electrons. The monoisotopic (exact) mass is 461 g/mol. The minimum Gasteiger partial charge on any atom is -0.423 e. The number of nitrogens with zero attached hydrogens (tertiary/aromatic N) is 6. The molecule has 3 unspecified atom stereocenters. The summed E-state index contributed by atoms with van der Waals surface area (Å²) in [5, 5.41) is 18.7. The third-order valence-electron chi connectivity index (χ3n) is 6.66. The molecule has 2 amide bonds. The standard InChI is InChI=1S/C21H22F3N7O2/c1-11-4-6-14-9-20(11,18-28-27-12(2)33-18)31(14)19(32)26-13-5-7-16(21(22,23)24)15(8-13)17-10-25-30(3)29-17/h5,7-8,10-11,14H,4,6,9H2,1-3H3,(H,26,32). The molecule has 5 rings (SSSR count). The quantitative estimate of drug-likeness (QED) is 0.630. The molecular weight excluding hydrogens is 439 g/mol. The van der Waals surface area contributed by atoms with Gasteiger partial charge >= 0.3 is 12.2 Å². The van der Waals surface area contributed by atoms with E-state index in [2.05, 4.69) is 25.7 Å². The Kier molecular flexibility index (Phi) is 4.73. The number of carbonyl (C=O) groups excluding carboxylic acids is 1. The molecule has 1 saturated heterocycles. The molecule has 0 spiro atoms. The van der Waals surface area contributed by atoms with Crippen LogP contribution in [0.1, 0.15) is 43.5 Å². The highest BCUT2D eigenvalue weighted by Gasteiger charge is 2.64. The van der Waals surface area contributed by atoms with Gasteiger partial charge in [0.2, 0.25) is 11.8 Å². The number of halogens is 3. The van der Waals surface area contributed by atoms with Gasteiger partial charge in [0.15, 0.2) is 0 Å². The third kappa shape index (κ3) is 3.35. The maximum atomic E-state index is 13.6. The lowest BCUT2D eigenvalue weighted by Gasteiger charge is -2.62. The normalized spacial score (nSPS) is 24.5. The molecule has 1 saturated carbocycles. The van der Waals surface area contributed by atoms with Gasteiger partial charge in [-0.25, -0.2) is 4.79 Å². The Hall–Kier alpha value is -3.44. The molecule has 1 aliphatic heterocycles. The van der Waals surface area contributed by atoms with Crippen LogP contribution in [-0.2, 0) is 18.8 Å². The summed E-state index contributed by atoms with van der Waals surface area (Å²) in [4.78, 5) is 16.2. The highest BCUT2D eigenvalue weighted by Crippen LogP contribution is 2.56. The lowest BCUT2D eigenvalue weighted by molar-refractivity contribution is -0.137. The van der Waals surface area contributed by atoms with Gasteiger partial charge in [0.25, 0.3) is 0 Å². The van der Waals surface area contributed by atoms with E-state index in [1.807, 2.05) is 6.92 Å². The topological polar surface area (TPSA) is 102 Å². The molecule has 1 aromatic carbocycles. The molecule has 3 heterocycles. The summed E-state index contributed by atoms with van der Waals surface area (Å²) in [6.45, 7) is 3.73. The van der Waals surface area contributed by atoms with E-state index in [0.29, 0.717) is 18.2 Å². The van der Waals surface area contributed by atoms with Crippen molar-refractivity contribution < 1.29 is 22.4 Å². The van der Waals surface area contributed by atoms with Crippen LogP contribution in [0.3, 0.4) is 0 Å². The molecule has 3 aromatic rings. The van der Waals surface area contributed by atoms with Crippen molar-refractivity contribution in [3.8, 4) is 11.3 Å². The number of hydrogen-bond donors (Lipinski definition) is 1. The predicted molar refractivity (Wildman–Crippen MR) is 110 cm³/mol. The number of rotatable bonds is 3. The zero-order valence-corrected chi connectivity index (χ0v) is 18.2. The van der Waals surface area contributed by atoms with Crippen molar-refractivity contribution in [2.45, 2.75) is 50.9 Å². The van der Waals surface area contributed by atoms with Gasteiger partial charge in [0.1, 0.15) is 11.2 Å². The number of hydrogen-bond acceptors (Lipinski definition) is 6. The van der Waals surface area contributed by atoms with Gasteiger partial charge in [-0.1, -0.05) is 6.92 Å². The SMILES string of the molecule is Cc1nnc(C23CC(CCC2C)N3C(=O)Nc2ccc(C(F)(F)F)c(-c3cnn(C)n3)c2)o1. The maximum absolute atomic E-state index is 13.6. The Labute approximate surface area is 187 Å². The molecule has 2 bridgehead atoms. The number of anilines is 1. The summed E-state index contributed by atoms with van der Waals surface area (Å²) >= 11 is 0. The predicted octanol–water partition coefficient (Wildman–Crippen LogP) is 4.12. The molecule has 3 atom stereocenters. The number of carbonyl (C=O) groups is 1. The zero-order chi connectivity index (χ0) is 23.5. The molecule has 2 aliphatic rings. The lowest BCUT2D eigenvalue weighted by Crippen LogP contribution is -2.72. The molecule has 1 aliphatic carbocycles. The molecule has 33 heavy (non-hydrogen) atoms. The van der Waals surface area contributed by atoms with E-state index in [-0.39, 0.29) is 28.9 Å². The smallest absolute Gasteiger partial charge is 0.417 e. The number of fused-ring (bicyclic) bond motifs is 2. The number of alkyl halides is 3. The molecule has 12 heteroatoms. The first-order chi connectivity index (χ1) is 15.6. The first kappa shape index (κ1) is 21.4. The molecular formula is C21H22F3N7O2. The highest BCUT2D eigenvalue weighted by atomic mass is 19.4. The number of nitrogens with one attached hydrogen (secondary N) is 1. The van der Waals surface area contributed by atoms with Crippen molar-refractivity contribution in [3.05, 3.63) is 41.7 Å². The van der Waals surface area contributed by atoms with Crippen molar-refractivity contribution in [2.24, 2.45) is 13.0 Å². The van der Waals surface area contributed by atoms with Crippen LogP contribution in [-0.4, -0.2) is 42.2 Å². The minimum absolute atomic E-state index is 0.00214. The van der Waals surface area contributed by atoms with Crippen LogP contribution in [0.2, 0.25) is 0 Å². The first-order valence-corrected chi connectivity index (χ1v) is 10.6. The fourth-order valence-electron chi connectivity index (χ4n) is 5.07. The third-order valence-corrected chi connectivity index (χ3v) is 6.66. The number of amides is 2. The Morgan fingerprint density at radius 2 is 2.06 bits per heavy atom.